The average molecular weight is 558 g/mol. The molecule has 0 radical (unpaired) electrons. The van der Waals surface area contributed by atoms with Crippen molar-refractivity contribution in [1.29, 1.82) is 5.26 Å². The first-order valence-electron chi connectivity index (χ1n) is 11.4. The van der Waals surface area contributed by atoms with E-state index in [9.17, 15) is 22.9 Å². The lowest BCUT2D eigenvalue weighted by molar-refractivity contribution is -0.119. The number of fused-ring (bicyclic) bond motifs is 1. The number of aryl methyl sites for hydroxylation is 1. The van der Waals surface area contributed by atoms with E-state index in [0.29, 0.717) is 18.1 Å². The van der Waals surface area contributed by atoms with Gasteiger partial charge in [-0.3, -0.25) is 18.4 Å². The summed E-state index contributed by atoms with van der Waals surface area (Å²) in [5.74, 6) is -2.80. The lowest BCUT2D eigenvalue weighted by atomic mass is 10.1. The number of nitriles is 1. The van der Waals surface area contributed by atoms with Crippen LogP contribution < -0.4 is 4.90 Å². The predicted octanol–water partition coefficient (Wildman–Crippen LogP) is 4.72. The zero-order chi connectivity index (χ0) is 28.5. The molecule has 0 aliphatic heterocycles. The van der Waals surface area contributed by atoms with E-state index < -0.39 is 49.3 Å². The van der Waals surface area contributed by atoms with Crippen molar-refractivity contribution in [1.82, 2.24) is 9.55 Å². The smallest absolute Gasteiger partial charge is 0.434 e. The molecule has 0 N–H and O–H groups in total. The molecule has 0 aliphatic rings. The summed E-state index contributed by atoms with van der Waals surface area (Å²) >= 11 is 0. The topological polar surface area (TPSA) is 142 Å². The summed E-state index contributed by atoms with van der Waals surface area (Å²) in [4.78, 5) is 30.2. The molecule has 0 unspecified atom stereocenters. The van der Waals surface area contributed by atoms with Crippen molar-refractivity contribution in [2.75, 3.05) is 39.1 Å². The normalized spacial score (nSPS) is 11.3. The maximum atomic E-state index is 14.8. The maximum absolute atomic E-state index is 14.8. The van der Waals surface area contributed by atoms with Crippen molar-refractivity contribution < 1.29 is 46.0 Å². The van der Waals surface area contributed by atoms with Gasteiger partial charge in [-0.25, -0.2) is 28.0 Å². The third-order valence-electron chi connectivity index (χ3n) is 5.20. The highest BCUT2D eigenvalue weighted by Crippen LogP contribution is 2.47. The molecular formula is C23H29F2N4O8P. The molecule has 1 aromatic heterocycles. The fourth-order valence-corrected chi connectivity index (χ4v) is 4.05. The van der Waals surface area contributed by atoms with Crippen LogP contribution in [0.3, 0.4) is 0 Å². The zero-order valence-corrected chi connectivity index (χ0v) is 22.4. The summed E-state index contributed by atoms with van der Waals surface area (Å²) in [5, 5.41) is 9.10. The van der Waals surface area contributed by atoms with Crippen LogP contribution in [0.5, 0.6) is 0 Å². The van der Waals surface area contributed by atoms with Crippen molar-refractivity contribution in [2.45, 2.75) is 32.6 Å². The van der Waals surface area contributed by atoms with E-state index >= 15 is 0 Å². The van der Waals surface area contributed by atoms with Crippen LogP contribution in [0.25, 0.3) is 11.0 Å². The van der Waals surface area contributed by atoms with Crippen molar-refractivity contribution >= 4 is 36.9 Å². The van der Waals surface area contributed by atoms with Gasteiger partial charge in [0, 0.05) is 34.1 Å². The highest BCUT2D eigenvalue weighted by molar-refractivity contribution is 7.48. The Morgan fingerprint density at radius 2 is 1.92 bits per heavy atom. The minimum Gasteiger partial charge on any atom is -0.434 e. The van der Waals surface area contributed by atoms with E-state index in [2.05, 4.69) is 20.6 Å². The molecule has 208 valence electrons. The summed E-state index contributed by atoms with van der Waals surface area (Å²) in [6.45, 7) is 4.76. The zero-order valence-electron chi connectivity index (χ0n) is 21.5. The molecule has 0 atom stereocenters. The Morgan fingerprint density at radius 1 is 1.24 bits per heavy atom. The number of carbonyl (C=O) groups excluding carboxylic acids is 2. The van der Waals surface area contributed by atoms with Crippen molar-refractivity contribution in [3.8, 4) is 6.07 Å². The Kier molecular flexibility index (Phi) is 11.3. The second kappa shape index (κ2) is 14.0. The van der Waals surface area contributed by atoms with Crippen LogP contribution in [0.15, 0.2) is 18.2 Å². The highest BCUT2D eigenvalue weighted by atomic mass is 31.2. The number of ether oxygens (including phenoxy) is 2. The van der Waals surface area contributed by atoms with Gasteiger partial charge in [0.2, 0.25) is 11.9 Å². The van der Waals surface area contributed by atoms with Gasteiger partial charge in [-0.1, -0.05) is 25.5 Å². The number of hydrogen-bond acceptors (Lipinski definition) is 10. The largest absolute Gasteiger partial charge is 0.510 e. The van der Waals surface area contributed by atoms with Crippen molar-refractivity contribution in [2.24, 2.45) is 7.05 Å². The molecule has 15 heteroatoms. The SMILES string of the molecule is C=C(CCC)CC(=O)N(COC(=O)OCCCOP(=O)(OC)OC)c1nc2c(F)cc(C#N)c(F)c2n1C. The van der Waals surface area contributed by atoms with E-state index in [4.69, 9.17) is 19.3 Å². The number of benzene rings is 1. The second-order valence-corrected chi connectivity index (χ2v) is 9.75. The molecule has 0 saturated heterocycles. The fraction of sp³-hybridized carbons (Fsp3) is 0.478. The van der Waals surface area contributed by atoms with Crippen LogP contribution in [0.2, 0.25) is 0 Å². The molecule has 2 rings (SSSR count). The summed E-state index contributed by atoms with van der Waals surface area (Å²) in [5.41, 5.74) is -0.683. The molecule has 38 heavy (non-hydrogen) atoms. The minimum atomic E-state index is -3.67. The number of phosphoric ester groups is 1. The number of anilines is 1. The number of aromatic nitrogens is 2. The van der Waals surface area contributed by atoms with Crippen LogP contribution >= 0.6 is 7.82 Å². The second-order valence-electron chi connectivity index (χ2n) is 7.87. The van der Waals surface area contributed by atoms with E-state index in [0.717, 1.165) is 30.1 Å². The summed E-state index contributed by atoms with van der Waals surface area (Å²) < 4.78 is 66.4. The van der Waals surface area contributed by atoms with Crippen molar-refractivity contribution in [3.05, 3.63) is 35.4 Å². The third-order valence-corrected chi connectivity index (χ3v) is 6.59. The summed E-state index contributed by atoms with van der Waals surface area (Å²) in [7, 11) is -0.0378. The molecule has 0 aliphatic carbocycles. The Hall–Kier alpha value is -3.37. The van der Waals surface area contributed by atoms with Gasteiger partial charge in [0.25, 0.3) is 0 Å². The Morgan fingerprint density at radius 3 is 2.53 bits per heavy atom. The van der Waals surface area contributed by atoms with Gasteiger partial charge < -0.3 is 14.0 Å². The first-order valence-corrected chi connectivity index (χ1v) is 12.8. The van der Waals surface area contributed by atoms with Gasteiger partial charge in [0.15, 0.2) is 18.4 Å². The van der Waals surface area contributed by atoms with Crippen LogP contribution in [0, 0.1) is 23.0 Å². The van der Waals surface area contributed by atoms with E-state index in [-0.39, 0.29) is 37.5 Å². The molecule has 0 spiro atoms. The average Bonchev–Trinajstić information content (AvgIpc) is 3.23. The van der Waals surface area contributed by atoms with E-state index in [1.807, 2.05) is 6.92 Å². The first-order chi connectivity index (χ1) is 18.0. The van der Waals surface area contributed by atoms with E-state index in [1.54, 1.807) is 6.07 Å². The molecular weight excluding hydrogens is 529 g/mol. The summed E-state index contributed by atoms with van der Waals surface area (Å²) in [6.07, 6.45) is 0.124. The predicted molar refractivity (Wildman–Crippen MR) is 131 cm³/mol. The monoisotopic (exact) mass is 558 g/mol. The molecule has 1 heterocycles. The highest BCUT2D eigenvalue weighted by Gasteiger charge is 2.27. The number of rotatable bonds is 14. The quantitative estimate of drug-likeness (QED) is 0.105. The molecule has 1 amide bonds. The first kappa shape index (κ1) is 30.9. The third kappa shape index (κ3) is 7.58. The van der Waals surface area contributed by atoms with E-state index in [1.165, 1.54) is 7.05 Å². The Balaban J connectivity index is 2.19. The molecule has 0 saturated carbocycles. The molecule has 12 nitrogen and oxygen atoms in total. The number of phosphoric acid groups is 1. The molecule has 1 aromatic carbocycles. The van der Waals surface area contributed by atoms with Crippen LogP contribution in [-0.2, 0) is 39.5 Å². The van der Waals surface area contributed by atoms with Crippen LogP contribution in [0.4, 0.5) is 19.5 Å². The van der Waals surface area contributed by atoms with Gasteiger partial charge in [-0.2, -0.15) is 5.26 Å². The number of imidazole rings is 1. The Labute approximate surface area is 218 Å². The van der Waals surface area contributed by atoms with Crippen molar-refractivity contribution in [3.63, 3.8) is 0 Å². The lowest BCUT2D eigenvalue weighted by Gasteiger charge is -2.22. The number of nitrogens with zero attached hydrogens (tertiary/aromatic N) is 4. The van der Waals surface area contributed by atoms with Crippen LogP contribution in [0.1, 0.15) is 38.2 Å². The number of carbonyl (C=O) groups is 2. The van der Waals surface area contributed by atoms with Gasteiger partial charge >= 0.3 is 14.0 Å². The van der Waals surface area contributed by atoms with Gasteiger partial charge in [0.05, 0.1) is 18.8 Å². The maximum Gasteiger partial charge on any atom is 0.510 e. The standard InChI is InChI=1S/C23H29F2N4O8P/c1-6-8-15(2)11-18(30)29(14-36-23(31)35-9-7-10-37-38(32,33-4)34-5)22-27-20-17(24)12-16(13-26)19(25)21(20)28(22)3/h12H,2,6-11,14H2,1,3-5H3. The number of halogens is 2. The van der Waals surface area contributed by atoms with Gasteiger partial charge in [-0.15, -0.1) is 0 Å². The van der Waals surface area contributed by atoms with Gasteiger partial charge in [-0.05, 0) is 12.5 Å². The summed E-state index contributed by atoms with van der Waals surface area (Å²) in [6, 6.07) is 2.28. The minimum absolute atomic E-state index is 0.113. The fourth-order valence-electron chi connectivity index (χ4n) is 3.34. The molecule has 0 fully saturated rings. The van der Waals surface area contributed by atoms with Gasteiger partial charge in [0.1, 0.15) is 17.1 Å². The number of hydrogen-bond donors (Lipinski definition) is 0. The molecule has 0 bridgehead atoms. The molecule has 2 aromatic rings. The lowest BCUT2D eigenvalue weighted by Crippen LogP contribution is -2.36. The Bertz CT molecular complexity index is 1270. The number of amides is 1. The van der Waals surface area contributed by atoms with Crippen LogP contribution in [-0.4, -0.2) is 55.8 Å².